The predicted octanol–water partition coefficient (Wildman–Crippen LogP) is 2.86. The molecule has 0 bridgehead atoms. The van der Waals surface area contributed by atoms with Gasteiger partial charge in [0.15, 0.2) is 5.96 Å². The van der Waals surface area contributed by atoms with Gasteiger partial charge in [-0.15, -0.1) is 24.0 Å². The summed E-state index contributed by atoms with van der Waals surface area (Å²) < 4.78 is 18.2. The Bertz CT molecular complexity index is 471. The Kier molecular flexibility index (Phi) is 14.8. The lowest BCUT2D eigenvalue weighted by Gasteiger charge is -2.18. The summed E-state index contributed by atoms with van der Waals surface area (Å²) in [5.74, 6) is 0.642. The predicted molar refractivity (Wildman–Crippen MR) is 113 cm³/mol. The molecule has 0 atom stereocenters. The first-order valence-electron chi connectivity index (χ1n) is 8.68. The van der Waals surface area contributed by atoms with Crippen molar-refractivity contribution < 1.29 is 9.13 Å². The lowest BCUT2D eigenvalue weighted by Crippen LogP contribution is -2.41. The van der Waals surface area contributed by atoms with Crippen LogP contribution in [0.15, 0.2) is 29.3 Å². The molecule has 1 aromatic carbocycles. The topological polar surface area (TPSA) is 48.9 Å². The van der Waals surface area contributed by atoms with Gasteiger partial charge in [0.25, 0.3) is 0 Å². The number of nitrogens with one attached hydrogen (secondary N) is 2. The second kappa shape index (κ2) is 15.3. The Morgan fingerprint density at radius 3 is 2.56 bits per heavy atom. The summed E-state index contributed by atoms with van der Waals surface area (Å²) in [6, 6.07) is 6.64. The molecule has 1 aromatic rings. The molecule has 0 radical (unpaired) electrons. The van der Waals surface area contributed by atoms with Crippen molar-refractivity contribution in [1.29, 1.82) is 0 Å². The van der Waals surface area contributed by atoms with Gasteiger partial charge in [-0.1, -0.05) is 12.1 Å². The second-order valence-corrected chi connectivity index (χ2v) is 5.60. The number of likely N-dealkylation sites (N-methyl/N-ethyl adjacent to an activating group) is 1. The summed E-state index contributed by atoms with van der Waals surface area (Å²) in [5, 5.41) is 6.57. The van der Waals surface area contributed by atoms with Crippen LogP contribution in [0, 0.1) is 5.82 Å². The Hall–Kier alpha value is -0.930. The zero-order valence-electron chi connectivity index (χ0n) is 15.6. The lowest BCUT2D eigenvalue weighted by molar-refractivity contribution is 0.146. The molecule has 0 saturated carbocycles. The minimum absolute atomic E-state index is 0. The van der Waals surface area contributed by atoms with Crippen LogP contribution in [0.3, 0.4) is 0 Å². The maximum absolute atomic E-state index is 12.9. The Labute approximate surface area is 168 Å². The molecule has 0 aliphatic rings. The number of hydrogen-bond donors (Lipinski definition) is 2. The maximum atomic E-state index is 12.9. The first-order valence-corrected chi connectivity index (χ1v) is 8.68. The number of benzene rings is 1. The molecule has 0 saturated heterocycles. The van der Waals surface area contributed by atoms with Crippen molar-refractivity contribution in [2.45, 2.75) is 26.8 Å². The SMILES string of the molecule is CCNC(=NCCCOCC)NCCN(C)Cc1ccc(F)cc1.I. The highest BCUT2D eigenvalue weighted by atomic mass is 127. The van der Waals surface area contributed by atoms with E-state index in [0.29, 0.717) is 0 Å². The molecule has 1 rings (SSSR count). The van der Waals surface area contributed by atoms with Gasteiger partial charge >= 0.3 is 0 Å². The third kappa shape index (κ3) is 12.1. The van der Waals surface area contributed by atoms with Crippen LogP contribution in [0.5, 0.6) is 0 Å². The Morgan fingerprint density at radius 2 is 1.92 bits per heavy atom. The number of hydrogen-bond acceptors (Lipinski definition) is 3. The molecule has 144 valence electrons. The van der Waals surface area contributed by atoms with Crippen LogP contribution in [-0.4, -0.2) is 57.3 Å². The van der Waals surface area contributed by atoms with Gasteiger partial charge in [-0.3, -0.25) is 4.99 Å². The summed E-state index contributed by atoms with van der Waals surface area (Å²) in [7, 11) is 2.05. The number of nitrogens with zero attached hydrogens (tertiary/aromatic N) is 2. The summed E-state index contributed by atoms with van der Waals surface area (Å²) in [6.45, 7) is 9.61. The first kappa shape index (κ1) is 24.1. The smallest absolute Gasteiger partial charge is 0.191 e. The summed E-state index contributed by atoms with van der Waals surface area (Å²) >= 11 is 0. The van der Waals surface area contributed by atoms with Crippen molar-refractivity contribution >= 4 is 29.9 Å². The van der Waals surface area contributed by atoms with Crippen LogP contribution in [0.4, 0.5) is 4.39 Å². The monoisotopic (exact) mass is 466 g/mol. The zero-order chi connectivity index (χ0) is 17.6. The highest BCUT2D eigenvalue weighted by Gasteiger charge is 2.02. The highest BCUT2D eigenvalue weighted by molar-refractivity contribution is 14.0. The first-order chi connectivity index (χ1) is 11.7. The van der Waals surface area contributed by atoms with E-state index in [9.17, 15) is 4.39 Å². The quantitative estimate of drug-likeness (QED) is 0.228. The number of rotatable bonds is 11. The summed E-state index contributed by atoms with van der Waals surface area (Å²) in [4.78, 5) is 6.72. The molecule has 7 heteroatoms. The van der Waals surface area contributed by atoms with Crippen molar-refractivity contribution in [2.24, 2.45) is 4.99 Å². The highest BCUT2D eigenvalue weighted by Crippen LogP contribution is 2.04. The molecule has 0 heterocycles. The van der Waals surface area contributed by atoms with Crippen LogP contribution in [0.25, 0.3) is 0 Å². The number of guanidine groups is 1. The molecule has 0 fully saturated rings. The van der Waals surface area contributed by atoms with Crippen molar-refractivity contribution in [3.05, 3.63) is 35.6 Å². The van der Waals surface area contributed by atoms with E-state index in [1.54, 1.807) is 0 Å². The van der Waals surface area contributed by atoms with E-state index in [4.69, 9.17) is 4.74 Å². The van der Waals surface area contributed by atoms with E-state index in [2.05, 4.69) is 34.5 Å². The fraction of sp³-hybridized carbons (Fsp3) is 0.611. The van der Waals surface area contributed by atoms with Crippen molar-refractivity contribution in [3.63, 3.8) is 0 Å². The third-order valence-corrected chi connectivity index (χ3v) is 3.42. The van der Waals surface area contributed by atoms with E-state index >= 15 is 0 Å². The number of ether oxygens (including phenoxy) is 1. The van der Waals surface area contributed by atoms with Crippen LogP contribution in [0.2, 0.25) is 0 Å². The molecular weight excluding hydrogens is 434 g/mol. The average molecular weight is 466 g/mol. The molecule has 0 unspecified atom stereocenters. The van der Waals surface area contributed by atoms with Crippen molar-refractivity contribution in [2.75, 3.05) is 46.4 Å². The maximum Gasteiger partial charge on any atom is 0.191 e. The summed E-state index contributed by atoms with van der Waals surface area (Å²) in [5.41, 5.74) is 1.11. The minimum Gasteiger partial charge on any atom is -0.382 e. The Balaban J connectivity index is 0.00000576. The molecule has 25 heavy (non-hydrogen) atoms. The second-order valence-electron chi connectivity index (χ2n) is 5.60. The van der Waals surface area contributed by atoms with Gasteiger partial charge < -0.3 is 20.3 Å². The lowest BCUT2D eigenvalue weighted by atomic mass is 10.2. The molecule has 0 aliphatic carbocycles. The fourth-order valence-corrected chi connectivity index (χ4v) is 2.19. The van der Waals surface area contributed by atoms with Gasteiger partial charge in [-0.2, -0.15) is 0 Å². The van der Waals surface area contributed by atoms with E-state index in [1.807, 2.05) is 19.1 Å². The standard InChI is InChI=1S/C18H31FN4O.HI/c1-4-20-18(21-11-6-14-24-5-2)22-12-13-23(3)15-16-7-9-17(19)10-8-16;/h7-10H,4-6,11-15H2,1-3H3,(H2,20,21,22);1H. The van der Waals surface area contributed by atoms with Crippen molar-refractivity contribution in [1.82, 2.24) is 15.5 Å². The zero-order valence-corrected chi connectivity index (χ0v) is 17.9. The summed E-state index contributed by atoms with van der Waals surface area (Å²) in [6.07, 6.45) is 0.925. The average Bonchev–Trinajstić information content (AvgIpc) is 2.56. The van der Waals surface area contributed by atoms with Gasteiger partial charge in [-0.25, -0.2) is 4.39 Å². The number of aliphatic imine (C=N–C) groups is 1. The van der Waals surface area contributed by atoms with E-state index in [1.165, 1.54) is 12.1 Å². The molecule has 2 N–H and O–H groups in total. The molecule has 5 nitrogen and oxygen atoms in total. The number of halogens is 2. The molecule has 0 aromatic heterocycles. The van der Waals surface area contributed by atoms with Crippen LogP contribution in [0.1, 0.15) is 25.8 Å². The molecule has 0 spiro atoms. The van der Waals surface area contributed by atoms with Gasteiger partial charge in [0, 0.05) is 45.9 Å². The third-order valence-electron chi connectivity index (χ3n) is 3.42. The van der Waals surface area contributed by atoms with E-state index < -0.39 is 0 Å². The van der Waals surface area contributed by atoms with Crippen LogP contribution >= 0.6 is 24.0 Å². The van der Waals surface area contributed by atoms with E-state index in [-0.39, 0.29) is 29.8 Å². The van der Waals surface area contributed by atoms with Gasteiger partial charge in [-0.05, 0) is 45.0 Å². The largest absolute Gasteiger partial charge is 0.382 e. The van der Waals surface area contributed by atoms with E-state index in [0.717, 1.165) is 63.9 Å². The minimum atomic E-state index is -0.195. The molecule has 0 aliphatic heterocycles. The van der Waals surface area contributed by atoms with Gasteiger partial charge in [0.05, 0.1) is 0 Å². The normalized spacial score (nSPS) is 11.3. The molecular formula is C18H32FIN4O. The van der Waals surface area contributed by atoms with Gasteiger partial charge in [0.1, 0.15) is 5.82 Å². The fourth-order valence-electron chi connectivity index (χ4n) is 2.19. The van der Waals surface area contributed by atoms with Crippen LogP contribution in [-0.2, 0) is 11.3 Å². The van der Waals surface area contributed by atoms with Crippen LogP contribution < -0.4 is 10.6 Å². The molecule has 0 amide bonds. The van der Waals surface area contributed by atoms with Gasteiger partial charge in [0.2, 0.25) is 0 Å². The van der Waals surface area contributed by atoms with Crippen molar-refractivity contribution in [3.8, 4) is 0 Å². The Morgan fingerprint density at radius 1 is 1.20 bits per heavy atom.